The van der Waals surface area contributed by atoms with Crippen LogP contribution in [0.3, 0.4) is 0 Å². The zero-order chi connectivity index (χ0) is 32.3. The van der Waals surface area contributed by atoms with E-state index in [4.69, 9.17) is 28.1 Å². The maximum absolute atomic E-state index is 13.3. The molecule has 2 aromatic heterocycles. The summed E-state index contributed by atoms with van der Waals surface area (Å²) in [4.78, 5) is 40.6. The molecule has 240 valence electrons. The summed E-state index contributed by atoms with van der Waals surface area (Å²) >= 11 is 0. The van der Waals surface area contributed by atoms with Gasteiger partial charge in [0.2, 0.25) is 0 Å². The molecule has 0 aliphatic carbocycles. The zero-order valence-electron chi connectivity index (χ0n) is 27.7. The van der Waals surface area contributed by atoms with E-state index in [0.717, 1.165) is 4.90 Å². The minimum Gasteiger partial charge on any atom is -0.443 e. The summed E-state index contributed by atoms with van der Waals surface area (Å²) < 4.78 is 38.4. The highest BCUT2D eigenvalue weighted by molar-refractivity contribution is 6.74. The molecule has 2 fully saturated rings. The van der Waals surface area contributed by atoms with E-state index in [1.807, 2.05) is 13.8 Å². The maximum Gasteiger partial charge on any atom is 0.425 e. The number of imide groups is 1. The normalized spacial score (nSPS) is 24.2. The van der Waals surface area contributed by atoms with E-state index in [9.17, 15) is 9.59 Å². The summed E-state index contributed by atoms with van der Waals surface area (Å²) in [6, 6.07) is 0. The average Bonchev–Trinajstić information content (AvgIpc) is 3.46. The Balaban J connectivity index is 1.71. The van der Waals surface area contributed by atoms with Crippen LogP contribution in [0.2, 0.25) is 18.1 Å². The number of rotatable bonds is 5. The highest BCUT2D eigenvalue weighted by atomic mass is 28.4. The Morgan fingerprint density at radius 2 is 1.49 bits per heavy atom. The fourth-order valence-electron chi connectivity index (χ4n) is 4.58. The second-order valence-corrected chi connectivity index (χ2v) is 19.8. The number of amides is 2. The van der Waals surface area contributed by atoms with Gasteiger partial charge in [0.1, 0.15) is 35.8 Å². The lowest BCUT2D eigenvalue weighted by molar-refractivity contribution is -0.199. The predicted molar refractivity (Wildman–Crippen MR) is 161 cm³/mol. The molecular weight excluding hydrogens is 574 g/mol. The van der Waals surface area contributed by atoms with E-state index >= 15 is 0 Å². The van der Waals surface area contributed by atoms with Gasteiger partial charge in [0.25, 0.3) is 0 Å². The fourth-order valence-corrected chi connectivity index (χ4v) is 5.59. The van der Waals surface area contributed by atoms with Crippen LogP contribution < -0.4 is 4.90 Å². The zero-order valence-corrected chi connectivity index (χ0v) is 28.7. The molecule has 0 radical (unpaired) electrons. The van der Waals surface area contributed by atoms with Gasteiger partial charge in [-0.25, -0.2) is 24.5 Å². The largest absolute Gasteiger partial charge is 0.443 e. The molecule has 13 nitrogen and oxygen atoms in total. The van der Waals surface area contributed by atoms with Crippen LogP contribution in [0.1, 0.15) is 82.4 Å². The molecule has 0 unspecified atom stereocenters. The molecule has 2 aliphatic rings. The Morgan fingerprint density at radius 3 is 2.02 bits per heavy atom. The van der Waals surface area contributed by atoms with E-state index in [1.165, 1.54) is 12.7 Å². The monoisotopic (exact) mass is 621 g/mol. The number of fused-ring (bicyclic) bond motifs is 2. The second-order valence-electron chi connectivity index (χ2n) is 15.0. The Hall–Kier alpha value is -2.65. The molecule has 2 aromatic rings. The summed E-state index contributed by atoms with van der Waals surface area (Å²) in [5.41, 5.74) is -1.27. The van der Waals surface area contributed by atoms with Crippen LogP contribution >= 0.6 is 0 Å². The minimum absolute atomic E-state index is 0.0265. The minimum atomic E-state index is -2.07. The van der Waals surface area contributed by atoms with Crippen LogP contribution in [0.25, 0.3) is 11.2 Å². The molecule has 14 heteroatoms. The number of anilines is 1. The highest BCUT2D eigenvalue weighted by Gasteiger charge is 2.56. The number of hydrogen-bond acceptors (Lipinski definition) is 11. The molecular formula is C29H47N5O8Si. The van der Waals surface area contributed by atoms with Crippen molar-refractivity contribution >= 4 is 37.5 Å². The van der Waals surface area contributed by atoms with Crippen molar-refractivity contribution in [1.29, 1.82) is 0 Å². The van der Waals surface area contributed by atoms with E-state index in [2.05, 4.69) is 48.8 Å². The third kappa shape index (κ3) is 7.19. The summed E-state index contributed by atoms with van der Waals surface area (Å²) in [7, 11) is -2.07. The van der Waals surface area contributed by atoms with Gasteiger partial charge in [-0.05, 0) is 73.5 Å². The summed E-state index contributed by atoms with van der Waals surface area (Å²) in [6.07, 6.45) is -1.11. The molecule has 2 amide bonds. The standard InChI is InChI=1S/C29H47N5O8Si/c1-26(2,3)41-24(35)34(25(36)42-27(4,5)6)22-18-21(30-15-31-22)33(16-32-18)23-20-19(39-29(10,11)40-20)17(38-23)14-37-43(12,13)28(7,8)9/h15-17,19-20,23H,14H2,1-13H3/t17-,19-,20-,23-/m1/s1. The first-order valence-electron chi connectivity index (χ1n) is 14.6. The van der Waals surface area contributed by atoms with Crippen molar-refractivity contribution in [1.82, 2.24) is 19.5 Å². The van der Waals surface area contributed by atoms with E-state index in [0.29, 0.717) is 12.3 Å². The van der Waals surface area contributed by atoms with Crippen LogP contribution in [-0.2, 0) is 28.1 Å². The molecule has 0 spiro atoms. The van der Waals surface area contributed by atoms with E-state index < -0.39 is 62.0 Å². The van der Waals surface area contributed by atoms with Gasteiger partial charge in [-0.15, -0.1) is 0 Å². The Kier molecular flexibility index (Phi) is 8.55. The molecule has 4 heterocycles. The SMILES string of the molecule is CC(C)(C)OC(=O)N(C(=O)OC(C)(C)C)c1ncnc2c1ncn2[C@@H]1O[C@H](CO[Si](C)(C)C(C)(C)C)[C@H]2OC(C)(C)O[C@H]21. The first kappa shape index (κ1) is 33.2. The van der Waals surface area contributed by atoms with Gasteiger partial charge in [0.05, 0.1) is 12.9 Å². The Morgan fingerprint density at radius 1 is 0.930 bits per heavy atom. The van der Waals surface area contributed by atoms with Gasteiger partial charge in [-0.3, -0.25) is 4.57 Å². The van der Waals surface area contributed by atoms with Crippen molar-refractivity contribution in [3.05, 3.63) is 12.7 Å². The number of carbonyl (C=O) groups excluding carboxylic acids is 2. The van der Waals surface area contributed by atoms with Gasteiger partial charge < -0.3 is 28.1 Å². The molecule has 0 N–H and O–H groups in total. The van der Waals surface area contributed by atoms with Crippen molar-refractivity contribution in [2.75, 3.05) is 11.5 Å². The third-order valence-electron chi connectivity index (χ3n) is 7.52. The summed E-state index contributed by atoms with van der Waals surface area (Å²) in [5.74, 6) is -0.920. The van der Waals surface area contributed by atoms with E-state index in [1.54, 1.807) is 46.1 Å². The molecule has 0 aromatic carbocycles. The number of aromatic nitrogens is 4. The van der Waals surface area contributed by atoms with Gasteiger partial charge in [0, 0.05) is 0 Å². The number of imidazole rings is 1. The van der Waals surface area contributed by atoms with Gasteiger partial charge >= 0.3 is 12.2 Å². The molecule has 43 heavy (non-hydrogen) atoms. The molecule has 4 rings (SSSR count). The maximum atomic E-state index is 13.3. The number of hydrogen-bond donors (Lipinski definition) is 0. The molecule has 0 bridgehead atoms. The van der Waals surface area contributed by atoms with Crippen molar-refractivity contribution < 1.29 is 37.7 Å². The summed E-state index contributed by atoms with van der Waals surface area (Å²) in [6.45, 7) is 25.2. The van der Waals surface area contributed by atoms with Gasteiger partial charge in [-0.1, -0.05) is 20.8 Å². The second kappa shape index (κ2) is 11.1. The van der Waals surface area contributed by atoms with Crippen LogP contribution in [0.5, 0.6) is 0 Å². The van der Waals surface area contributed by atoms with E-state index in [-0.39, 0.29) is 16.4 Å². The lowest BCUT2D eigenvalue weighted by Crippen LogP contribution is -2.44. The van der Waals surface area contributed by atoms with Crippen molar-refractivity contribution in [3.8, 4) is 0 Å². The van der Waals surface area contributed by atoms with Crippen molar-refractivity contribution in [2.24, 2.45) is 0 Å². The Labute approximate surface area is 254 Å². The topological polar surface area (TPSA) is 136 Å². The molecule has 2 saturated heterocycles. The molecule has 4 atom stereocenters. The lowest BCUT2D eigenvalue weighted by atomic mass is 10.1. The lowest BCUT2D eigenvalue weighted by Gasteiger charge is -2.37. The van der Waals surface area contributed by atoms with Crippen LogP contribution in [0.15, 0.2) is 12.7 Å². The fraction of sp³-hybridized carbons (Fsp3) is 0.759. The first-order valence-corrected chi connectivity index (χ1v) is 17.5. The van der Waals surface area contributed by atoms with Crippen molar-refractivity contribution in [3.63, 3.8) is 0 Å². The van der Waals surface area contributed by atoms with Crippen LogP contribution in [0.4, 0.5) is 15.4 Å². The van der Waals surface area contributed by atoms with Gasteiger partial charge in [-0.2, -0.15) is 4.90 Å². The number of carbonyl (C=O) groups is 2. The van der Waals surface area contributed by atoms with Crippen LogP contribution in [0, 0.1) is 0 Å². The third-order valence-corrected chi connectivity index (χ3v) is 12.0. The van der Waals surface area contributed by atoms with Crippen molar-refractivity contribution in [2.45, 2.75) is 136 Å². The predicted octanol–water partition coefficient (Wildman–Crippen LogP) is 5.94. The molecule has 2 aliphatic heterocycles. The summed E-state index contributed by atoms with van der Waals surface area (Å²) in [5, 5.41) is 0.0265. The Bertz CT molecular complexity index is 1330. The average molecular weight is 622 g/mol. The van der Waals surface area contributed by atoms with Crippen LogP contribution in [-0.4, -0.2) is 81.9 Å². The highest BCUT2D eigenvalue weighted by Crippen LogP contribution is 2.45. The molecule has 0 saturated carbocycles. The number of ether oxygens (including phenoxy) is 5. The quantitative estimate of drug-likeness (QED) is 0.367. The number of nitrogens with zero attached hydrogens (tertiary/aromatic N) is 5. The first-order chi connectivity index (χ1) is 19.5. The smallest absolute Gasteiger partial charge is 0.425 e. The van der Waals surface area contributed by atoms with Gasteiger partial charge in [0.15, 0.2) is 37.3 Å².